The van der Waals surface area contributed by atoms with Crippen LogP contribution in [0.1, 0.15) is 38.4 Å². The first-order chi connectivity index (χ1) is 6.68. The van der Waals surface area contributed by atoms with Crippen LogP contribution < -0.4 is 5.32 Å². The maximum Gasteiger partial charge on any atom is 0.164 e. The van der Waals surface area contributed by atoms with Crippen LogP contribution in [0.15, 0.2) is 16.5 Å². The van der Waals surface area contributed by atoms with Crippen molar-refractivity contribution in [3.05, 3.63) is 21.7 Å². The summed E-state index contributed by atoms with van der Waals surface area (Å²) in [5.74, 6) is 1.04. The number of hydrogen-bond donors (Lipinski definition) is 1. The van der Waals surface area contributed by atoms with Gasteiger partial charge in [-0.05, 0) is 54.5 Å². The van der Waals surface area contributed by atoms with Crippen molar-refractivity contribution >= 4 is 22.6 Å². The Morgan fingerprint density at radius 1 is 1.43 bits per heavy atom. The zero-order valence-corrected chi connectivity index (χ0v) is 10.6. The number of furan rings is 1. The van der Waals surface area contributed by atoms with E-state index < -0.39 is 0 Å². The lowest BCUT2D eigenvalue weighted by atomic mass is 10.0. The molecule has 2 rings (SSSR count). The number of nitrogens with one attached hydrogen (secondary N) is 1. The van der Waals surface area contributed by atoms with Crippen molar-refractivity contribution < 1.29 is 4.42 Å². The minimum atomic E-state index is 0.345. The highest BCUT2D eigenvalue weighted by Crippen LogP contribution is 2.29. The molecule has 78 valence electrons. The van der Waals surface area contributed by atoms with Gasteiger partial charge in [0.2, 0.25) is 0 Å². The largest absolute Gasteiger partial charge is 0.454 e. The minimum Gasteiger partial charge on any atom is -0.454 e. The number of hydrogen-bond acceptors (Lipinski definition) is 2. The third-order valence-electron chi connectivity index (χ3n) is 3.03. The van der Waals surface area contributed by atoms with Gasteiger partial charge in [-0.2, -0.15) is 0 Å². The Morgan fingerprint density at radius 3 is 2.71 bits per heavy atom. The number of rotatable bonds is 3. The van der Waals surface area contributed by atoms with E-state index in [-0.39, 0.29) is 0 Å². The predicted octanol–water partition coefficient (Wildman–Crippen LogP) is 3.31. The van der Waals surface area contributed by atoms with Crippen molar-refractivity contribution in [1.29, 1.82) is 0 Å². The highest BCUT2D eigenvalue weighted by atomic mass is 127. The fourth-order valence-electron chi connectivity index (χ4n) is 2.08. The van der Waals surface area contributed by atoms with E-state index in [1.807, 2.05) is 12.1 Å². The van der Waals surface area contributed by atoms with Crippen LogP contribution in [0.5, 0.6) is 0 Å². The molecular weight excluding hydrogens is 289 g/mol. The van der Waals surface area contributed by atoms with Crippen LogP contribution in [0.2, 0.25) is 0 Å². The van der Waals surface area contributed by atoms with E-state index in [2.05, 4.69) is 34.8 Å². The van der Waals surface area contributed by atoms with E-state index in [0.29, 0.717) is 5.54 Å². The standard InChI is InChI=1S/C11H16INO/c1-11(6-2-3-7-11)13-8-9-4-5-10(12)14-9/h4-5,13H,2-3,6-8H2,1H3. The molecule has 1 aromatic heterocycles. The van der Waals surface area contributed by atoms with Gasteiger partial charge in [0.05, 0.1) is 6.54 Å². The molecule has 1 heterocycles. The topological polar surface area (TPSA) is 25.2 Å². The Hall–Kier alpha value is -0.0300. The van der Waals surface area contributed by atoms with Crippen LogP contribution >= 0.6 is 22.6 Å². The molecule has 1 aromatic rings. The van der Waals surface area contributed by atoms with Gasteiger partial charge < -0.3 is 9.73 Å². The average Bonchev–Trinajstić information content (AvgIpc) is 2.73. The summed E-state index contributed by atoms with van der Waals surface area (Å²) in [5.41, 5.74) is 0.345. The van der Waals surface area contributed by atoms with Crippen molar-refractivity contribution in [2.75, 3.05) is 0 Å². The van der Waals surface area contributed by atoms with Crippen molar-refractivity contribution in [2.45, 2.75) is 44.7 Å². The van der Waals surface area contributed by atoms with Gasteiger partial charge in [0.1, 0.15) is 5.76 Å². The van der Waals surface area contributed by atoms with Crippen molar-refractivity contribution in [3.63, 3.8) is 0 Å². The molecule has 1 fully saturated rings. The lowest BCUT2D eigenvalue weighted by Gasteiger charge is -2.24. The summed E-state index contributed by atoms with van der Waals surface area (Å²) in [6.45, 7) is 3.17. The van der Waals surface area contributed by atoms with Gasteiger partial charge in [0, 0.05) is 5.54 Å². The molecule has 2 nitrogen and oxygen atoms in total. The first-order valence-electron chi connectivity index (χ1n) is 5.17. The van der Waals surface area contributed by atoms with Gasteiger partial charge in [-0.25, -0.2) is 0 Å². The first kappa shape index (κ1) is 10.5. The molecule has 3 heteroatoms. The molecule has 0 radical (unpaired) electrons. The minimum absolute atomic E-state index is 0.345. The average molecular weight is 305 g/mol. The lowest BCUT2D eigenvalue weighted by molar-refractivity contribution is 0.339. The second-order valence-corrected chi connectivity index (χ2v) is 5.39. The molecule has 0 unspecified atom stereocenters. The molecule has 0 aliphatic heterocycles. The van der Waals surface area contributed by atoms with Crippen molar-refractivity contribution in [2.24, 2.45) is 0 Å². The van der Waals surface area contributed by atoms with Gasteiger partial charge in [-0.1, -0.05) is 12.8 Å². The summed E-state index contributed by atoms with van der Waals surface area (Å²) >= 11 is 2.20. The zero-order valence-electron chi connectivity index (χ0n) is 8.48. The molecule has 1 aliphatic carbocycles. The number of halogens is 1. The summed E-state index contributed by atoms with van der Waals surface area (Å²) < 4.78 is 6.48. The monoisotopic (exact) mass is 305 g/mol. The lowest BCUT2D eigenvalue weighted by Crippen LogP contribution is -2.38. The summed E-state index contributed by atoms with van der Waals surface area (Å²) in [6.07, 6.45) is 5.31. The van der Waals surface area contributed by atoms with Crippen LogP contribution in [0.4, 0.5) is 0 Å². The SMILES string of the molecule is CC1(NCc2ccc(I)o2)CCCC1. The molecule has 0 saturated heterocycles. The maximum atomic E-state index is 5.51. The van der Waals surface area contributed by atoms with Crippen LogP contribution in [-0.4, -0.2) is 5.54 Å². The Balaban J connectivity index is 1.87. The molecule has 0 atom stereocenters. The third kappa shape index (κ3) is 2.51. The summed E-state index contributed by atoms with van der Waals surface area (Å²) in [5, 5.41) is 3.59. The van der Waals surface area contributed by atoms with Crippen LogP contribution in [0.3, 0.4) is 0 Å². The normalized spacial score (nSPS) is 20.1. The van der Waals surface area contributed by atoms with E-state index in [4.69, 9.17) is 4.42 Å². The molecule has 0 spiro atoms. The molecular formula is C11H16INO. The summed E-state index contributed by atoms with van der Waals surface area (Å²) in [4.78, 5) is 0. The zero-order chi connectivity index (χ0) is 10.0. The molecule has 1 saturated carbocycles. The van der Waals surface area contributed by atoms with Gasteiger partial charge in [-0.15, -0.1) is 0 Å². The highest BCUT2D eigenvalue weighted by Gasteiger charge is 2.27. The predicted molar refractivity (Wildman–Crippen MR) is 65.1 cm³/mol. The van der Waals surface area contributed by atoms with Gasteiger partial charge >= 0.3 is 0 Å². The smallest absolute Gasteiger partial charge is 0.164 e. The van der Waals surface area contributed by atoms with Gasteiger partial charge in [0.15, 0.2) is 3.77 Å². The Morgan fingerprint density at radius 2 is 2.14 bits per heavy atom. The van der Waals surface area contributed by atoms with Crippen molar-refractivity contribution in [1.82, 2.24) is 5.32 Å². The molecule has 1 aliphatic rings. The van der Waals surface area contributed by atoms with Gasteiger partial charge in [-0.3, -0.25) is 0 Å². The fraction of sp³-hybridized carbons (Fsp3) is 0.636. The van der Waals surface area contributed by atoms with E-state index in [0.717, 1.165) is 16.1 Å². The van der Waals surface area contributed by atoms with E-state index in [1.165, 1.54) is 25.7 Å². The van der Waals surface area contributed by atoms with E-state index >= 15 is 0 Å². The Kier molecular flexibility index (Phi) is 3.17. The molecule has 1 N–H and O–H groups in total. The third-order valence-corrected chi connectivity index (χ3v) is 3.61. The maximum absolute atomic E-state index is 5.51. The van der Waals surface area contributed by atoms with Gasteiger partial charge in [0.25, 0.3) is 0 Å². The fourth-order valence-corrected chi connectivity index (χ4v) is 2.54. The van der Waals surface area contributed by atoms with Crippen LogP contribution in [0, 0.1) is 3.77 Å². The summed E-state index contributed by atoms with van der Waals surface area (Å²) in [6, 6.07) is 4.06. The molecule has 0 amide bonds. The van der Waals surface area contributed by atoms with Crippen LogP contribution in [0.25, 0.3) is 0 Å². The van der Waals surface area contributed by atoms with Crippen LogP contribution in [-0.2, 0) is 6.54 Å². The van der Waals surface area contributed by atoms with E-state index in [1.54, 1.807) is 0 Å². The molecule has 14 heavy (non-hydrogen) atoms. The molecule has 0 bridgehead atoms. The van der Waals surface area contributed by atoms with E-state index in [9.17, 15) is 0 Å². The Bertz CT molecular complexity index is 302. The summed E-state index contributed by atoms with van der Waals surface area (Å²) in [7, 11) is 0. The Labute approximate surface area is 98.6 Å². The second-order valence-electron chi connectivity index (χ2n) is 4.33. The first-order valence-corrected chi connectivity index (χ1v) is 6.25. The molecule has 0 aromatic carbocycles. The van der Waals surface area contributed by atoms with Crippen molar-refractivity contribution in [3.8, 4) is 0 Å². The second kappa shape index (κ2) is 4.23. The quantitative estimate of drug-likeness (QED) is 0.867. The highest BCUT2D eigenvalue weighted by molar-refractivity contribution is 14.1.